The van der Waals surface area contributed by atoms with Gasteiger partial charge in [-0.05, 0) is 61.9 Å². The first-order chi connectivity index (χ1) is 19.2. The summed E-state index contributed by atoms with van der Waals surface area (Å²) in [5.41, 5.74) is 3.28. The van der Waals surface area contributed by atoms with E-state index in [-0.39, 0.29) is 27.7 Å². The lowest BCUT2D eigenvalue weighted by Crippen LogP contribution is -2.29. The van der Waals surface area contributed by atoms with Crippen molar-refractivity contribution < 1.29 is 24.2 Å². The standard InChI is InChI=1S/C31H34ClN3O5/c1-7-34(8-2)21-13-15-22(16-14-21)35-28(19-9-11-20(12-10-19)33(3)4)27(30(37)31(35)38)29(36)23-17-24(32)26(40-6)18-25(23)39-5/h9-18,28,36H,7-8H2,1-6H3/b29-27+. The molecule has 3 aromatic rings. The Bertz CT molecular complexity index is 1430. The van der Waals surface area contributed by atoms with Gasteiger partial charge < -0.3 is 24.4 Å². The van der Waals surface area contributed by atoms with Gasteiger partial charge in [-0.2, -0.15) is 0 Å². The summed E-state index contributed by atoms with van der Waals surface area (Å²) in [6, 6.07) is 17.1. The van der Waals surface area contributed by atoms with Crippen molar-refractivity contribution in [1.82, 2.24) is 0 Å². The third-order valence-corrected chi connectivity index (χ3v) is 7.45. The Hall–Kier alpha value is -4.17. The van der Waals surface area contributed by atoms with E-state index in [0.717, 1.165) is 24.5 Å². The molecule has 210 valence electrons. The molecule has 1 aliphatic rings. The molecule has 0 spiro atoms. The molecule has 8 nitrogen and oxygen atoms in total. The van der Waals surface area contributed by atoms with E-state index in [1.165, 1.54) is 31.3 Å². The molecule has 0 radical (unpaired) electrons. The molecule has 1 heterocycles. The van der Waals surface area contributed by atoms with Gasteiger partial charge in [0, 0.05) is 50.3 Å². The van der Waals surface area contributed by atoms with Gasteiger partial charge in [-0.15, -0.1) is 0 Å². The summed E-state index contributed by atoms with van der Waals surface area (Å²) in [7, 11) is 6.76. The number of hydrogen-bond donors (Lipinski definition) is 1. The largest absolute Gasteiger partial charge is 0.507 e. The lowest BCUT2D eigenvalue weighted by Gasteiger charge is -2.27. The van der Waals surface area contributed by atoms with Crippen molar-refractivity contribution in [2.75, 3.05) is 56.1 Å². The molecule has 4 rings (SSSR count). The molecule has 40 heavy (non-hydrogen) atoms. The van der Waals surface area contributed by atoms with Crippen LogP contribution in [0.15, 0.2) is 66.2 Å². The van der Waals surface area contributed by atoms with Gasteiger partial charge in [0.2, 0.25) is 0 Å². The fourth-order valence-electron chi connectivity index (χ4n) is 4.97. The number of aliphatic hydroxyl groups is 1. The molecule has 1 aliphatic heterocycles. The van der Waals surface area contributed by atoms with Gasteiger partial charge in [0.05, 0.1) is 36.4 Å². The zero-order chi connectivity index (χ0) is 29.1. The quantitative estimate of drug-likeness (QED) is 0.197. The summed E-state index contributed by atoms with van der Waals surface area (Å²) in [5.74, 6) is -1.34. The van der Waals surface area contributed by atoms with E-state index < -0.39 is 17.7 Å². The molecule has 0 saturated carbocycles. The minimum atomic E-state index is -0.888. The third-order valence-electron chi connectivity index (χ3n) is 7.16. The summed E-state index contributed by atoms with van der Waals surface area (Å²) in [6.45, 7) is 5.83. The monoisotopic (exact) mass is 563 g/mol. The molecule has 1 N–H and O–H groups in total. The highest BCUT2D eigenvalue weighted by Crippen LogP contribution is 2.45. The molecule has 3 aromatic carbocycles. The van der Waals surface area contributed by atoms with E-state index in [0.29, 0.717) is 17.0 Å². The summed E-state index contributed by atoms with van der Waals surface area (Å²) in [4.78, 5) is 32.8. The van der Waals surface area contributed by atoms with Gasteiger partial charge >= 0.3 is 0 Å². The second kappa shape index (κ2) is 11.9. The van der Waals surface area contributed by atoms with Gasteiger partial charge in [-0.3, -0.25) is 14.5 Å². The minimum absolute atomic E-state index is 0.0602. The number of anilines is 3. The van der Waals surface area contributed by atoms with Gasteiger partial charge in [0.15, 0.2) is 0 Å². The predicted octanol–water partition coefficient (Wildman–Crippen LogP) is 5.90. The number of halogens is 1. The number of benzene rings is 3. The average Bonchev–Trinajstić information content (AvgIpc) is 3.23. The number of ether oxygens (including phenoxy) is 2. The van der Waals surface area contributed by atoms with E-state index in [1.54, 1.807) is 0 Å². The molecule has 1 atom stereocenters. The van der Waals surface area contributed by atoms with Crippen LogP contribution in [0.2, 0.25) is 5.02 Å². The fraction of sp³-hybridized carbons (Fsp3) is 0.290. The first-order valence-corrected chi connectivity index (χ1v) is 13.4. The van der Waals surface area contributed by atoms with Crippen LogP contribution in [0.25, 0.3) is 5.76 Å². The molecule has 0 bridgehead atoms. The number of ketones is 1. The number of rotatable bonds is 9. The predicted molar refractivity (Wildman–Crippen MR) is 160 cm³/mol. The van der Waals surface area contributed by atoms with E-state index in [9.17, 15) is 14.7 Å². The Morgan fingerprint density at radius 3 is 2.00 bits per heavy atom. The van der Waals surface area contributed by atoms with Crippen LogP contribution in [0.4, 0.5) is 17.1 Å². The average molecular weight is 564 g/mol. The molecule has 9 heteroatoms. The molecule has 0 aromatic heterocycles. The van der Waals surface area contributed by atoms with Crippen LogP contribution in [0.1, 0.15) is 31.0 Å². The SMILES string of the molecule is CCN(CC)c1ccc(N2C(=O)C(=O)/C(=C(/O)c3cc(Cl)c(OC)cc3OC)C2c2ccc(N(C)C)cc2)cc1. The number of nitrogens with zero attached hydrogens (tertiary/aromatic N) is 3. The number of carbonyl (C=O) groups excluding carboxylic acids is 2. The third kappa shape index (κ3) is 5.19. The van der Waals surface area contributed by atoms with Crippen molar-refractivity contribution >= 4 is 46.1 Å². The summed E-state index contributed by atoms with van der Waals surface area (Å²) in [6.07, 6.45) is 0. The zero-order valence-electron chi connectivity index (χ0n) is 23.6. The Morgan fingerprint density at radius 1 is 0.900 bits per heavy atom. The lowest BCUT2D eigenvalue weighted by atomic mass is 9.94. The first kappa shape index (κ1) is 28.8. The molecule has 1 unspecified atom stereocenters. The Kier molecular flexibility index (Phi) is 8.59. The zero-order valence-corrected chi connectivity index (χ0v) is 24.3. The van der Waals surface area contributed by atoms with Crippen LogP contribution < -0.4 is 24.2 Å². The normalized spacial score (nSPS) is 16.3. The van der Waals surface area contributed by atoms with E-state index in [4.69, 9.17) is 21.1 Å². The van der Waals surface area contributed by atoms with Crippen LogP contribution in [0.5, 0.6) is 11.5 Å². The maximum Gasteiger partial charge on any atom is 0.300 e. The lowest BCUT2D eigenvalue weighted by molar-refractivity contribution is -0.132. The molecule has 1 fully saturated rings. The highest BCUT2D eigenvalue weighted by Gasteiger charge is 2.47. The molecule has 1 amide bonds. The molecule has 0 aliphatic carbocycles. The topological polar surface area (TPSA) is 82.6 Å². The van der Waals surface area contributed by atoms with Gasteiger partial charge in [-0.25, -0.2) is 0 Å². The van der Waals surface area contributed by atoms with Crippen LogP contribution in [0.3, 0.4) is 0 Å². The van der Waals surface area contributed by atoms with Crippen LogP contribution in [-0.4, -0.2) is 58.2 Å². The van der Waals surface area contributed by atoms with E-state index in [2.05, 4.69) is 18.7 Å². The summed E-state index contributed by atoms with van der Waals surface area (Å²) in [5, 5.41) is 11.8. The van der Waals surface area contributed by atoms with Crippen molar-refractivity contribution in [2.24, 2.45) is 0 Å². The van der Waals surface area contributed by atoms with E-state index >= 15 is 0 Å². The summed E-state index contributed by atoms with van der Waals surface area (Å²) >= 11 is 6.38. The number of carbonyl (C=O) groups is 2. The van der Waals surface area contributed by atoms with Crippen molar-refractivity contribution in [2.45, 2.75) is 19.9 Å². The maximum absolute atomic E-state index is 13.6. The van der Waals surface area contributed by atoms with Crippen LogP contribution >= 0.6 is 11.6 Å². The first-order valence-electron chi connectivity index (χ1n) is 13.0. The van der Waals surface area contributed by atoms with Gasteiger partial charge in [0.25, 0.3) is 11.7 Å². The maximum atomic E-state index is 13.6. The fourth-order valence-corrected chi connectivity index (χ4v) is 5.21. The second-order valence-electron chi connectivity index (χ2n) is 9.53. The smallest absolute Gasteiger partial charge is 0.300 e. The Morgan fingerprint density at radius 2 is 1.48 bits per heavy atom. The van der Waals surface area contributed by atoms with Gasteiger partial charge in [-0.1, -0.05) is 23.7 Å². The number of Topliss-reactive ketones (excluding diaryl/α,β-unsaturated/α-hetero) is 1. The summed E-state index contributed by atoms with van der Waals surface area (Å²) < 4.78 is 10.8. The van der Waals surface area contributed by atoms with E-state index in [1.807, 2.05) is 67.5 Å². The van der Waals surface area contributed by atoms with Crippen LogP contribution in [-0.2, 0) is 9.59 Å². The number of methoxy groups -OCH3 is 2. The molecular formula is C31H34ClN3O5. The molecule has 1 saturated heterocycles. The number of hydrogen-bond acceptors (Lipinski definition) is 7. The van der Waals surface area contributed by atoms with Crippen molar-refractivity contribution in [1.29, 1.82) is 0 Å². The molecular weight excluding hydrogens is 530 g/mol. The van der Waals surface area contributed by atoms with Crippen molar-refractivity contribution in [3.8, 4) is 11.5 Å². The Balaban J connectivity index is 1.93. The minimum Gasteiger partial charge on any atom is -0.507 e. The van der Waals surface area contributed by atoms with Crippen molar-refractivity contribution in [3.05, 3.63) is 82.4 Å². The Labute approximate surface area is 240 Å². The highest BCUT2D eigenvalue weighted by molar-refractivity contribution is 6.51. The van der Waals surface area contributed by atoms with Gasteiger partial charge in [0.1, 0.15) is 17.3 Å². The van der Waals surface area contributed by atoms with Crippen molar-refractivity contribution in [3.63, 3.8) is 0 Å². The van der Waals surface area contributed by atoms with Crippen LogP contribution in [0, 0.1) is 0 Å². The second-order valence-corrected chi connectivity index (χ2v) is 9.94. The number of amides is 1. The number of aliphatic hydroxyl groups excluding tert-OH is 1. The highest BCUT2D eigenvalue weighted by atomic mass is 35.5.